The quantitative estimate of drug-likeness (QED) is 0.166. The fourth-order valence-corrected chi connectivity index (χ4v) is 12.3. The summed E-state index contributed by atoms with van der Waals surface area (Å²) in [6.45, 7) is 9.32. The van der Waals surface area contributed by atoms with Gasteiger partial charge in [-0.15, -0.1) is 0 Å². The summed E-state index contributed by atoms with van der Waals surface area (Å²) < 4.78 is 68.3. The van der Waals surface area contributed by atoms with E-state index < -0.39 is 0 Å². The Morgan fingerprint density at radius 1 is 0.365 bits per heavy atom. The smallest absolute Gasteiger partial charge is 0.243 e. The van der Waals surface area contributed by atoms with Crippen LogP contribution in [0.1, 0.15) is 51.2 Å². The van der Waals surface area contributed by atoms with Gasteiger partial charge in [-0.1, -0.05) is 59.1 Å². The first kappa shape index (κ1) is 42.6. The van der Waals surface area contributed by atoms with Crippen molar-refractivity contribution in [3.8, 4) is 23.0 Å². The third kappa shape index (κ3) is 9.41. The van der Waals surface area contributed by atoms with Crippen LogP contribution in [-0.2, 0) is 41.5 Å². The van der Waals surface area contributed by atoms with Gasteiger partial charge in [-0.2, -0.15) is 9.13 Å². The second-order valence-corrected chi connectivity index (χ2v) is 18.2. The van der Waals surface area contributed by atoms with Gasteiger partial charge in [0.05, 0.1) is 97.5 Å². The van der Waals surface area contributed by atoms with Gasteiger partial charge in [-0.05, 0) is 47.5 Å². The lowest BCUT2D eigenvalue weighted by atomic mass is 9.52. The molecule has 14 heteroatoms. The molecule has 0 unspecified atom stereocenters. The van der Waals surface area contributed by atoms with Crippen molar-refractivity contribution in [2.45, 2.75) is 43.2 Å². The van der Waals surface area contributed by atoms with Crippen LogP contribution in [0.15, 0.2) is 84.9 Å². The number of hydrogen-bond donors (Lipinski definition) is 0. The number of fused-ring (bicyclic) bond motifs is 11. The topological polar surface area (TPSA) is 100 Å². The van der Waals surface area contributed by atoms with Crippen LogP contribution < -0.4 is 28.1 Å². The number of nitrogens with zero attached hydrogens (tertiary/aromatic N) is 2. The van der Waals surface area contributed by atoms with Crippen LogP contribution in [0.25, 0.3) is 20.4 Å². The minimum absolute atomic E-state index is 0.0753. The van der Waals surface area contributed by atoms with E-state index >= 15 is 0 Å². The summed E-state index contributed by atoms with van der Waals surface area (Å²) in [5.74, 6) is 3.27. The molecule has 0 radical (unpaired) electrons. The SMILES string of the molecule is c1ccc2c(c1)sc1[n+]2CCC[n+]2c(sc3ccccc32)[C@H]2[C@H](c3ccc4c(c3)OCCOCCOCCOCCO4)[C@H](c3ccc4c(c3)OCCOCCOCCOCCO4)[C@@H]12. The fraction of sp³-hybridized carbons (Fsp3) is 0.469. The molecule has 0 N–H and O–H groups in total. The van der Waals surface area contributed by atoms with Crippen molar-refractivity contribution < 1.29 is 56.5 Å². The van der Waals surface area contributed by atoms with Gasteiger partial charge in [0.15, 0.2) is 36.1 Å². The number of rotatable bonds is 2. The van der Waals surface area contributed by atoms with Crippen molar-refractivity contribution in [2.24, 2.45) is 0 Å². The van der Waals surface area contributed by atoms with Crippen molar-refractivity contribution in [1.29, 1.82) is 0 Å². The molecule has 0 spiro atoms. The van der Waals surface area contributed by atoms with E-state index in [0.717, 1.165) is 19.5 Å². The molecule has 1 fully saturated rings. The van der Waals surface area contributed by atoms with E-state index in [9.17, 15) is 0 Å². The van der Waals surface area contributed by atoms with Crippen LogP contribution in [-0.4, -0.2) is 106 Å². The zero-order chi connectivity index (χ0) is 42.2. The van der Waals surface area contributed by atoms with Gasteiger partial charge in [0.2, 0.25) is 21.0 Å². The fourth-order valence-electron chi connectivity index (χ4n) is 9.50. The average molecular weight is 897 g/mol. The molecule has 0 bridgehead atoms. The zero-order valence-corrected chi connectivity index (χ0v) is 37.3. The molecule has 4 atom stereocenters. The second kappa shape index (κ2) is 20.6. The minimum atomic E-state index is 0.0753. The lowest BCUT2D eigenvalue weighted by Gasteiger charge is -2.48. The van der Waals surface area contributed by atoms with Crippen molar-refractivity contribution in [3.63, 3.8) is 0 Å². The first-order valence-corrected chi connectivity index (χ1v) is 24.0. The van der Waals surface area contributed by atoms with E-state index in [1.807, 2.05) is 22.7 Å². The highest BCUT2D eigenvalue weighted by molar-refractivity contribution is 7.18. The molecule has 10 rings (SSSR count). The number of aromatic nitrogens is 2. The molecule has 332 valence electrons. The summed E-state index contributed by atoms with van der Waals surface area (Å²) >= 11 is 3.89. The Hall–Kier alpha value is -4.38. The Kier molecular flexibility index (Phi) is 13.9. The van der Waals surface area contributed by atoms with Gasteiger partial charge >= 0.3 is 0 Å². The minimum Gasteiger partial charge on any atom is -0.487 e. The van der Waals surface area contributed by atoms with Gasteiger partial charge < -0.3 is 47.4 Å². The lowest BCUT2D eigenvalue weighted by molar-refractivity contribution is -0.701. The van der Waals surface area contributed by atoms with Gasteiger partial charge in [0.25, 0.3) is 0 Å². The van der Waals surface area contributed by atoms with Crippen LogP contribution in [0.5, 0.6) is 23.0 Å². The Morgan fingerprint density at radius 3 is 1.11 bits per heavy atom. The van der Waals surface area contributed by atoms with Crippen LogP contribution in [0, 0.1) is 0 Å². The summed E-state index contributed by atoms with van der Waals surface area (Å²) in [6, 6.07) is 30.9. The summed E-state index contributed by atoms with van der Waals surface area (Å²) in [7, 11) is 0. The Balaban J connectivity index is 1.10. The van der Waals surface area contributed by atoms with Crippen molar-refractivity contribution in [3.05, 3.63) is 106 Å². The van der Waals surface area contributed by atoms with Gasteiger partial charge in [0, 0.05) is 24.0 Å². The standard InChI is InChI=1S/C49H56N2O10S2/c1-3-8-42-36(6-1)50-14-5-15-51-37-7-2-4-9-43(37)63-49(51)47-45(35-11-13-39-41(33-35)61-31-27-57-23-19-53-17-21-55-25-29-59-39)44(46(47)48(50)62-42)34-10-12-38-40(32-34)60-30-26-56-22-18-52-16-20-54-24-28-58-38/h1-4,6-13,32-33,44-47H,5,14-31H2/q+2/t44-,45+,46+,47-. The second-order valence-electron chi connectivity index (χ2n) is 16.1. The van der Waals surface area contributed by atoms with Crippen molar-refractivity contribution >= 4 is 43.1 Å². The van der Waals surface area contributed by atoms with Crippen LogP contribution in [0.2, 0.25) is 0 Å². The van der Waals surface area contributed by atoms with Crippen molar-refractivity contribution in [2.75, 3.05) is 106 Å². The normalized spacial score (nSPS) is 23.4. The molecule has 12 nitrogen and oxygen atoms in total. The molecule has 3 aliphatic heterocycles. The molecule has 0 amide bonds. The summed E-state index contributed by atoms with van der Waals surface area (Å²) in [5, 5.41) is 2.81. The maximum atomic E-state index is 6.54. The molecule has 4 aromatic carbocycles. The number of aryl methyl sites for hydroxylation is 2. The van der Waals surface area contributed by atoms with Gasteiger partial charge in [-0.25, -0.2) is 0 Å². The third-order valence-electron chi connectivity index (χ3n) is 12.3. The number of para-hydroxylation sites is 2. The maximum absolute atomic E-state index is 6.54. The molecule has 1 aliphatic carbocycles. The molecule has 2 aromatic heterocycles. The highest BCUT2D eigenvalue weighted by Crippen LogP contribution is 2.68. The first-order chi connectivity index (χ1) is 31.3. The maximum Gasteiger partial charge on any atom is 0.243 e. The Labute approximate surface area is 376 Å². The van der Waals surface area contributed by atoms with E-state index in [0.29, 0.717) is 129 Å². The molecule has 6 aromatic rings. The summed E-state index contributed by atoms with van der Waals surface area (Å²) in [5.41, 5.74) is 5.00. The molecule has 0 saturated heterocycles. The monoisotopic (exact) mass is 896 g/mol. The predicted molar refractivity (Wildman–Crippen MR) is 239 cm³/mol. The lowest BCUT2D eigenvalue weighted by Crippen LogP contribution is -2.48. The van der Waals surface area contributed by atoms with E-state index in [1.54, 1.807) is 0 Å². The van der Waals surface area contributed by atoms with Gasteiger partial charge in [-0.3, -0.25) is 0 Å². The number of benzene rings is 4. The van der Waals surface area contributed by atoms with Crippen LogP contribution in [0.4, 0.5) is 0 Å². The van der Waals surface area contributed by atoms with E-state index in [-0.39, 0.29) is 23.7 Å². The van der Waals surface area contributed by atoms with E-state index in [2.05, 4.69) is 94.1 Å². The number of hydrogen-bond acceptors (Lipinski definition) is 12. The molecular weight excluding hydrogens is 841 g/mol. The molecule has 5 heterocycles. The average Bonchev–Trinajstić information content (AvgIpc) is 3.84. The molecule has 63 heavy (non-hydrogen) atoms. The molecule has 4 aliphatic rings. The predicted octanol–water partition coefficient (Wildman–Crippen LogP) is 7.19. The summed E-state index contributed by atoms with van der Waals surface area (Å²) in [6.07, 6.45) is 1.02. The third-order valence-corrected chi connectivity index (χ3v) is 14.8. The highest BCUT2D eigenvalue weighted by atomic mass is 32.1. The van der Waals surface area contributed by atoms with Gasteiger partial charge in [0.1, 0.15) is 35.8 Å². The molecular formula is C49H56N2O10S2+2. The zero-order valence-electron chi connectivity index (χ0n) is 35.6. The number of ether oxygens (including phenoxy) is 10. The Morgan fingerprint density at radius 2 is 0.714 bits per heavy atom. The summed E-state index contributed by atoms with van der Waals surface area (Å²) in [4.78, 5) is 0. The van der Waals surface area contributed by atoms with Crippen LogP contribution in [0.3, 0.4) is 0 Å². The van der Waals surface area contributed by atoms with E-state index in [1.165, 1.54) is 41.6 Å². The number of thiazole rings is 2. The first-order valence-electron chi connectivity index (χ1n) is 22.4. The van der Waals surface area contributed by atoms with Crippen molar-refractivity contribution in [1.82, 2.24) is 0 Å². The molecule has 1 saturated carbocycles. The van der Waals surface area contributed by atoms with E-state index in [4.69, 9.17) is 47.4 Å². The highest BCUT2D eigenvalue weighted by Gasteiger charge is 2.61. The Bertz CT molecular complexity index is 2290. The van der Waals surface area contributed by atoms with Crippen LogP contribution >= 0.6 is 22.7 Å². The largest absolute Gasteiger partial charge is 0.487 e.